The summed E-state index contributed by atoms with van der Waals surface area (Å²) in [5.41, 5.74) is 1.48. The molecule has 0 aliphatic heterocycles. The molecular formula is C13H16N2O3. The Hall–Kier alpha value is -2.04. The molecule has 0 radical (unpaired) electrons. The van der Waals surface area contributed by atoms with Crippen molar-refractivity contribution in [1.29, 1.82) is 0 Å². The smallest absolute Gasteiger partial charge is 0.337 e. The van der Waals surface area contributed by atoms with E-state index in [9.17, 15) is 9.59 Å². The van der Waals surface area contributed by atoms with Gasteiger partial charge in [-0.2, -0.15) is 0 Å². The van der Waals surface area contributed by atoms with Crippen molar-refractivity contribution in [3.63, 3.8) is 0 Å². The summed E-state index contributed by atoms with van der Waals surface area (Å²) in [7, 11) is 1.74. The first-order valence-electron chi connectivity index (χ1n) is 5.74. The topological polar surface area (TPSA) is 82.2 Å². The highest BCUT2D eigenvalue weighted by atomic mass is 16.4. The lowest BCUT2D eigenvalue weighted by atomic mass is 9.71. The average molecular weight is 248 g/mol. The molecule has 1 aliphatic carbocycles. The van der Waals surface area contributed by atoms with Gasteiger partial charge >= 0.3 is 5.97 Å². The van der Waals surface area contributed by atoms with E-state index in [1.165, 1.54) is 6.20 Å². The van der Waals surface area contributed by atoms with Crippen molar-refractivity contribution in [2.75, 3.05) is 7.05 Å². The Morgan fingerprint density at radius 2 is 2.22 bits per heavy atom. The van der Waals surface area contributed by atoms with E-state index in [4.69, 9.17) is 5.11 Å². The Balaban J connectivity index is 2.59. The second-order valence-electron chi connectivity index (χ2n) is 5.10. The number of rotatable bonds is 2. The summed E-state index contributed by atoms with van der Waals surface area (Å²) >= 11 is 0. The maximum Gasteiger partial charge on any atom is 0.337 e. The van der Waals surface area contributed by atoms with E-state index in [1.54, 1.807) is 13.2 Å². The van der Waals surface area contributed by atoms with E-state index < -0.39 is 5.97 Å². The molecule has 18 heavy (non-hydrogen) atoms. The van der Waals surface area contributed by atoms with E-state index in [1.807, 2.05) is 13.8 Å². The summed E-state index contributed by atoms with van der Waals surface area (Å²) in [4.78, 5) is 26.2. The lowest BCUT2D eigenvalue weighted by Crippen LogP contribution is -2.32. The Kier molecular flexibility index (Phi) is 2.77. The summed E-state index contributed by atoms with van der Waals surface area (Å²) < 4.78 is 0. The van der Waals surface area contributed by atoms with Crippen LogP contribution in [-0.4, -0.2) is 28.9 Å². The molecule has 1 aromatic rings. The van der Waals surface area contributed by atoms with Crippen LogP contribution in [0.1, 0.15) is 40.3 Å². The number of aromatic amines is 1. The fourth-order valence-electron chi connectivity index (χ4n) is 2.41. The Labute approximate surface area is 105 Å². The van der Waals surface area contributed by atoms with Crippen LogP contribution in [0, 0.1) is 5.41 Å². The van der Waals surface area contributed by atoms with Gasteiger partial charge in [0.05, 0.1) is 11.3 Å². The molecule has 5 heteroatoms. The van der Waals surface area contributed by atoms with Crippen LogP contribution < -0.4 is 5.32 Å². The molecule has 0 atom stereocenters. The molecule has 0 aromatic carbocycles. The van der Waals surface area contributed by atoms with Crippen LogP contribution in [0.2, 0.25) is 0 Å². The molecule has 2 rings (SSSR count). The summed E-state index contributed by atoms with van der Waals surface area (Å²) in [6.45, 7) is 3.88. The van der Waals surface area contributed by atoms with Crippen LogP contribution in [0.3, 0.4) is 0 Å². The van der Waals surface area contributed by atoms with Crippen LogP contribution in [0.5, 0.6) is 0 Å². The first-order chi connectivity index (χ1) is 8.38. The molecule has 3 N–H and O–H groups in total. The van der Waals surface area contributed by atoms with Gasteiger partial charge in [-0.15, -0.1) is 0 Å². The number of allylic oxidation sites excluding steroid dienone is 1. The van der Waals surface area contributed by atoms with Gasteiger partial charge in [0.2, 0.25) is 5.78 Å². The number of fused-ring (bicyclic) bond motifs is 1. The molecule has 0 unspecified atom stereocenters. The van der Waals surface area contributed by atoms with Crippen molar-refractivity contribution in [3.05, 3.63) is 34.8 Å². The third-order valence-corrected chi connectivity index (χ3v) is 3.33. The van der Waals surface area contributed by atoms with E-state index in [0.717, 1.165) is 0 Å². The van der Waals surface area contributed by atoms with Crippen LogP contribution >= 0.6 is 0 Å². The predicted octanol–water partition coefficient (Wildman–Crippen LogP) is 1.58. The van der Waals surface area contributed by atoms with Crippen LogP contribution in [0.15, 0.2) is 18.0 Å². The van der Waals surface area contributed by atoms with Crippen molar-refractivity contribution in [3.8, 4) is 0 Å². The van der Waals surface area contributed by atoms with Gasteiger partial charge in [0.15, 0.2) is 0 Å². The lowest BCUT2D eigenvalue weighted by Gasteiger charge is -2.31. The van der Waals surface area contributed by atoms with E-state index in [-0.39, 0.29) is 16.8 Å². The fourth-order valence-corrected chi connectivity index (χ4v) is 2.41. The largest absolute Gasteiger partial charge is 0.478 e. The van der Waals surface area contributed by atoms with Crippen molar-refractivity contribution >= 4 is 11.8 Å². The Morgan fingerprint density at radius 3 is 2.78 bits per heavy atom. The number of Topliss-reactive ketones (excluding diaryl/α,β-unsaturated/α-hetero) is 1. The number of aromatic carboxylic acids is 1. The highest BCUT2D eigenvalue weighted by Crippen LogP contribution is 2.39. The number of carboxylic acid groups (broad SMARTS) is 1. The van der Waals surface area contributed by atoms with Crippen molar-refractivity contribution in [2.24, 2.45) is 5.41 Å². The number of carboxylic acids is 1. The predicted molar refractivity (Wildman–Crippen MR) is 66.7 cm³/mol. The maximum atomic E-state index is 12.3. The SMILES string of the molecule is CN/C=C1/C(=O)c2[nH]cc(C(=O)O)c2CC1(C)C. The molecule has 1 aliphatic rings. The highest BCUT2D eigenvalue weighted by Gasteiger charge is 2.39. The normalized spacial score (nSPS) is 19.7. The van der Waals surface area contributed by atoms with Gasteiger partial charge in [-0.3, -0.25) is 4.79 Å². The Morgan fingerprint density at radius 1 is 1.56 bits per heavy atom. The number of H-pyrrole nitrogens is 1. The molecule has 1 heterocycles. The fraction of sp³-hybridized carbons (Fsp3) is 0.385. The quantitative estimate of drug-likeness (QED) is 0.694. The molecule has 1 aromatic heterocycles. The number of nitrogens with one attached hydrogen (secondary N) is 2. The van der Waals surface area contributed by atoms with E-state index in [0.29, 0.717) is 23.3 Å². The monoisotopic (exact) mass is 248 g/mol. The number of carbonyl (C=O) groups is 2. The summed E-state index contributed by atoms with van der Waals surface area (Å²) in [6, 6.07) is 0. The summed E-state index contributed by atoms with van der Waals surface area (Å²) in [6.07, 6.45) is 3.61. The lowest BCUT2D eigenvalue weighted by molar-refractivity contribution is 0.0695. The van der Waals surface area contributed by atoms with Gasteiger partial charge < -0.3 is 15.4 Å². The molecule has 0 fully saturated rings. The molecule has 0 saturated heterocycles. The minimum atomic E-state index is -1.00. The number of ketones is 1. The van der Waals surface area contributed by atoms with Gasteiger partial charge in [0, 0.05) is 25.0 Å². The number of hydrogen-bond donors (Lipinski definition) is 3. The summed E-state index contributed by atoms with van der Waals surface area (Å²) in [5.74, 6) is -1.14. The van der Waals surface area contributed by atoms with Gasteiger partial charge in [0.25, 0.3) is 0 Å². The van der Waals surface area contributed by atoms with Gasteiger partial charge in [0.1, 0.15) is 0 Å². The van der Waals surface area contributed by atoms with Crippen LogP contribution in [0.25, 0.3) is 0 Å². The molecule has 0 amide bonds. The first-order valence-corrected chi connectivity index (χ1v) is 5.74. The average Bonchev–Trinajstić information content (AvgIpc) is 2.67. The second-order valence-corrected chi connectivity index (χ2v) is 5.10. The minimum absolute atomic E-state index is 0.136. The summed E-state index contributed by atoms with van der Waals surface area (Å²) in [5, 5.41) is 12.0. The Bertz CT molecular complexity index is 553. The zero-order valence-corrected chi connectivity index (χ0v) is 10.6. The zero-order chi connectivity index (χ0) is 13.5. The highest BCUT2D eigenvalue weighted by molar-refractivity contribution is 6.12. The molecule has 5 nitrogen and oxygen atoms in total. The third kappa shape index (κ3) is 1.72. The third-order valence-electron chi connectivity index (χ3n) is 3.33. The van der Waals surface area contributed by atoms with Crippen LogP contribution in [-0.2, 0) is 6.42 Å². The van der Waals surface area contributed by atoms with E-state index in [2.05, 4.69) is 10.3 Å². The number of carbonyl (C=O) groups excluding carboxylic acids is 1. The van der Waals surface area contributed by atoms with Gasteiger partial charge in [-0.1, -0.05) is 13.8 Å². The molecule has 0 saturated carbocycles. The number of aromatic nitrogens is 1. The second kappa shape index (κ2) is 4.01. The number of hydrogen-bond acceptors (Lipinski definition) is 3. The zero-order valence-electron chi connectivity index (χ0n) is 10.6. The molecule has 96 valence electrons. The van der Waals surface area contributed by atoms with Crippen molar-refractivity contribution in [2.45, 2.75) is 20.3 Å². The van der Waals surface area contributed by atoms with E-state index >= 15 is 0 Å². The van der Waals surface area contributed by atoms with Crippen molar-refractivity contribution in [1.82, 2.24) is 10.3 Å². The first kappa shape index (κ1) is 12.4. The molecular weight excluding hydrogens is 232 g/mol. The standard InChI is InChI=1S/C13H16N2O3/c1-13(2)4-7-8(12(17)18)5-15-10(7)11(16)9(13)6-14-3/h5-6,14-15H,4H2,1-3H3,(H,17,18)/b9-6-. The maximum absolute atomic E-state index is 12.3. The van der Waals surface area contributed by atoms with Gasteiger partial charge in [-0.05, 0) is 17.4 Å². The minimum Gasteiger partial charge on any atom is -0.478 e. The molecule has 0 bridgehead atoms. The van der Waals surface area contributed by atoms with Crippen LogP contribution in [0.4, 0.5) is 0 Å². The molecule has 0 spiro atoms. The van der Waals surface area contributed by atoms with Crippen molar-refractivity contribution < 1.29 is 14.7 Å². The van der Waals surface area contributed by atoms with Gasteiger partial charge in [-0.25, -0.2) is 4.79 Å².